The van der Waals surface area contributed by atoms with Crippen LogP contribution in [-0.2, 0) is 0 Å². The lowest BCUT2D eigenvalue weighted by atomic mass is 10.2. The van der Waals surface area contributed by atoms with Crippen molar-refractivity contribution >= 4 is 17.3 Å². The Morgan fingerprint density at radius 2 is 2.31 bits per heavy atom. The van der Waals surface area contributed by atoms with Crippen molar-refractivity contribution < 1.29 is 4.74 Å². The molecule has 0 radical (unpaired) electrons. The maximum absolute atomic E-state index is 6.12. The van der Waals surface area contributed by atoms with Gasteiger partial charge in [0.05, 0.1) is 12.1 Å². The number of piperazine rings is 1. The van der Waals surface area contributed by atoms with Crippen molar-refractivity contribution in [3.05, 3.63) is 23.2 Å². The minimum Gasteiger partial charge on any atom is -0.495 e. The normalized spacial score (nSPS) is 20.9. The second kappa shape index (κ2) is 4.93. The van der Waals surface area contributed by atoms with Gasteiger partial charge in [-0.1, -0.05) is 11.6 Å². The monoisotopic (exact) mass is 240 g/mol. The van der Waals surface area contributed by atoms with E-state index in [9.17, 15) is 0 Å². The first-order valence-electron chi connectivity index (χ1n) is 5.52. The fourth-order valence-corrected chi connectivity index (χ4v) is 2.27. The Morgan fingerprint density at radius 3 is 2.94 bits per heavy atom. The summed E-state index contributed by atoms with van der Waals surface area (Å²) in [6, 6.07) is 6.47. The predicted octanol–water partition coefficient (Wildman–Crippen LogP) is 2.15. The molecular formula is C12H17ClN2O. The first-order chi connectivity index (χ1) is 7.70. The molecule has 0 bridgehead atoms. The second-order valence-corrected chi connectivity index (χ2v) is 4.53. The number of halogens is 1. The summed E-state index contributed by atoms with van der Waals surface area (Å²) in [6.45, 7) is 5.25. The molecule has 16 heavy (non-hydrogen) atoms. The molecule has 1 aliphatic heterocycles. The van der Waals surface area contributed by atoms with Gasteiger partial charge in [-0.3, -0.25) is 0 Å². The summed E-state index contributed by atoms with van der Waals surface area (Å²) in [6.07, 6.45) is 0. The Morgan fingerprint density at radius 1 is 1.50 bits per heavy atom. The number of anilines is 1. The van der Waals surface area contributed by atoms with Crippen molar-refractivity contribution in [2.24, 2.45) is 0 Å². The van der Waals surface area contributed by atoms with Gasteiger partial charge in [0, 0.05) is 31.4 Å². The van der Waals surface area contributed by atoms with Gasteiger partial charge in [0.2, 0.25) is 0 Å². The van der Waals surface area contributed by atoms with E-state index in [4.69, 9.17) is 16.3 Å². The van der Waals surface area contributed by atoms with Crippen molar-refractivity contribution in [3.8, 4) is 5.75 Å². The Bertz CT molecular complexity index is 370. The molecule has 1 aromatic rings. The topological polar surface area (TPSA) is 24.5 Å². The molecular weight excluding hydrogens is 224 g/mol. The van der Waals surface area contributed by atoms with Crippen molar-refractivity contribution in [3.63, 3.8) is 0 Å². The number of rotatable bonds is 2. The summed E-state index contributed by atoms with van der Waals surface area (Å²) in [5.74, 6) is 0.730. The van der Waals surface area contributed by atoms with Crippen LogP contribution < -0.4 is 15.0 Å². The van der Waals surface area contributed by atoms with Crippen LogP contribution in [-0.4, -0.2) is 32.8 Å². The average molecular weight is 241 g/mol. The first-order valence-corrected chi connectivity index (χ1v) is 5.90. The van der Waals surface area contributed by atoms with E-state index in [0.29, 0.717) is 11.1 Å². The van der Waals surface area contributed by atoms with E-state index in [1.165, 1.54) is 5.69 Å². The molecule has 0 aromatic heterocycles. The highest BCUT2D eigenvalue weighted by Crippen LogP contribution is 2.29. The minimum atomic E-state index is 0.523. The highest BCUT2D eigenvalue weighted by Gasteiger charge is 2.16. The number of methoxy groups -OCH3 is 1. The Hall–Kier alpha value is -0.930. The van der Waals surface area contributed by atoms with Gasteiger partial charge in [-0.05, 0) is 25.1 Å². The van der Waals surface area contributed by atoms with E-state index >= 15 is 0 Å². The highest BCUT2D eigenvalue weighted by atomic mass is 35.5. The smallest absolute Gasteiger partial charge is 0.137 e. The van der Waals surface area contributed by atoms with Crippen molar-refractivity contribution in [1.82, 2.24) is 5.32 Å². The van der Waals surface area contributed by atoms with Gasteiger partial charge in [0.15, 0.2) is 0 Å². The van der Waals surface area contributed by atoms with Gasteiger partial charge in [-0.2, -0.15) is 0 Å². The van der Waals surface area contributed by atoms with Gasteiger partial charge >= 0.3 is 0 Å². The van der Waals surface area contributed by atoms with Crippen LogP contribution in [0.1, 0.15) is 6.92 Å². The lowest BCUT2D eigenvalue weighted by Crippen LogP contribution is -2.49. The predicted molar refractivity (Wildman–Crippen MR) is 67.7 cm³/mol. The lowest BCUT2D eigenvalue weighted by Gasteiger charge is -2.33. The molecule has 0 saturated carbocycles. The highest BCUT2D eigenvalue weighted by molar-refractivity contribution is 6.32. The number of benzene rings is 1. The SMILES string of the molecule is COc1ccc(N2CCN[C@H](C)C2)cc1Cl. The van der Waals surface area contributed by atoms with Gasteiger partial charge in [0.1, 0.15) is 5.75 Å². The summed E-state index contributed by atoms with van der Waals surface area (Å²) in [7, 11) is 1.63. The van der Waals surface area contributed by atoms with Crippen LogP contribution in [0.5, 0.6) is 5.75 Å². The summed E-state index contributed by atoms with van der Waals surface area (Å²) < 4.78 is 5.15. The van der Waals surface area contributed by atoms with Gasteiger partial charge < -0.3 is 15.0 Å². The molecule has 1 aromatic carbocycles. The van der Waals surface area contributed by atoms with Crippen LogP contribution in [0.4, 0.5) is 5.69 Å². The molecule has 88 valence electrons. The van der Waals surface area contributed by atoms with Crippen LogP contribution in [0.2, 0.25) is 5.02 Å². The Labute approximate surface area is 101 Å². The fourth-order valence-electron chi connectivity index (χ4n) is 2.02. The van der Waals surface area contributed by atoms with Crippen molar-refractivity contribution in [2.75, 3.05) is 31.6 Å². The molecule has 4 heteroatoms. The molecule has 2 rings (SSSR count). The molecule has 1 atom stereocenters. The Kier molecular flexibility index (Phi) is 3.56. The van der Waals surface area contributed by atoms with E-state index in [2.05, 4.69) is 23.2 Å². The summed E-state index contributed by atoms with van der Waals surface area (Å²) in [5.41, 5.74) is 1.17. The fraction of sp³-hybridized carbons (Fsp3) is 0.500. The first kappa shape index (κ1) is 11.6. The quantitative estimate of drug-likeness (QED) is 0.857. The number of hydrogen-bond acceptors (Lipinski definition) is 3. The molecule has 1 heterocycles. The molecule has 1 fully saturated rings. The van der Waals surface area contributed by atoms with Crippen LogP contribution >= 0.6 is 11.6 Å². The summed E-state index contributed by atoms with van der Waals surface area (Å²) in [5, 5.41) is 4.09. The van der Waals surface area contributed by atoms with Crippen LogP contribution in [0.15, 0.2) is 18.2 Å². The molecule has 0 amide bonds. The molecule has 0 spiro atoms. The number of nitrogens with zero attached hydrogens (tertiary/aromatic N) is 1. The summed E-state index contributed by atoms with van der Waals surface area (Å²) >= 11 is 6.12. The summed E-state index contributed by atoms with van der Waals surface area (Å²) in [4.78, 5) is 2.34. The van der Waals surface area contributed by atoms with E-state index in [0.717, 1.165) is 25.4 Å². The molecule has 0 aliphatic carbocycles. The molecule has 3 nitrogen and oxygen atoms in total. The minimum absolute atomic E-state index is 0.523. The third kappa shape index (κ3) is 2.42. The number of nitrogens with one attached hydrogen (secondary N) is 1. The largest absolute Gasteiger partial charge is 0.495 e. The second-order valence-electron chi connectivity index (χ2n) is 4.12. The average Bonchev–Trinajstić information content (AvgIpc) is 2.29. The Balaban J connectivity index is 2.17. The van der Waals surface area contributed by atoms with Gasteiger partial charge in [0.25, 0.3) is 0 Å². The maximum atomic E-state index is 6.12. The van der Waals surface area contributed by atoms with Crippen molar-refractivity contribution in [2.45, 2.75) is 13.0 Å². The zero-order chi connectivity index (χ0) is 11.5. The molecule has 1 N–H and O–H groups in total. The van der Waals surface area contributed by atoms with E-state index in [1.54, 1.807) is 7.11 Å². The molecule has 1 saturated heterocycles. The number of hydrogen-bond donors (Lipinski definition) is 1. The third-order valence-electron chi connectivity index (χ3n) is 2.87. The zero-order valence-corrected chi connectivity index (χ0v) is 10.4. The van der Waals surface area contributed by atoms with Crippen LogP contribution in [0, 0.1) is 0 Å². The van der Waals surface area contributed by atoms with Gasteiger partial charge in [-0.15, -0.1) is 0 Å². The zero-order valence-electron chi connectivity index (χ0n) is 9.66. The third-order valence-corrected chi connectivity index (χ3v) is 3.16. The lowest BCUT2D eigenvalue weighted by molar-refractivity contribution is 0.415. The van der Waals surface area contributed by atoms with Gasteiger partial charge in [-0.25, -0.2) is 0 Å². The van der Waals surface area contributed by atoms with E-state index < -0.39 is 0 Å². The maximum Gasteiger partial charge on any atom is 0.137 e. The molecule has 0 unspecified atom stereocenters. The standard InChI is InChI=1S/C12H17ClN2O/c1-9-8-15(6-5-14-9)10-3-4-12(16-2)11(13)7-10/h3-4,7,9,14H,5-6,8H2,1-2H3/t9-/m1/s1. The van der Waals surface area contributed by atoms with Crippen LogP contribution in [0.25, 0.3) is 0 Å². The molecule has 1 aliphatic rings. The van der Waals surface area contributed by atoms with E-state index in [-0.39, 0.29) is 0 Å². The van der Waals surface area contributed by atoms with Crippen molar-refractivity contribution in [1.29, 1.82) is 0 Å². The number of ether oxygens (including phenoxy) is 1. The van der Waals surface area contributed by atoms with E-state index in [1.807, 2.05) is 12.1 Å². The van der Waals surface area contributed by atoms with Crippen LogP contribution in [0.3, 0.4) is 0 Å².